The molecule has 0 aromatic carbocycles. The summed E-state index contributed by atoms with van der Waals surface area (Å²) in [5, 5.41) is 4.04. The molecule has 0 fully saturated rings. The minimum atomic E-state index is 0.890. The maximum atomic E-state index is 4.04. The highest BCUT2D eigenvalue weighted by atomic mass is 79.9. The standard InChI is InChI=1S/C9H12BrN3/c1-2-3-4-12-13-9-5-8(10)6-11-7-9/h4-7,13H,2-3H2,1H3/b12-4+. The fourth-order valence-electron chi connectivity index (χ4n) is 0.787. The zero-order chi connectivity index (χ0) is 9.52. The average Bonchev–Trinajstić information content (AvgIpc) is 2.13. The zero-order valence-electron chi connectivity index (χ0n) is 7.50. The zero-order valence-corrected chi connectivity index (χ0v) is 9.08. The first-order chi connectivity index (χ1) is 6.33. The number of hydrogen-bond donors (Lipinski definition) is 1. The Labute approximate surface area is 86.4 Å². The lowest BCUT2D eigenvalue weighted by Gasteiger charge is -1.98. The monoisotopic (exact) mass is 241 g/mol. The molecule has 0 amide bonds. The summed E-state index contributed by atoms with van der Waals surface area (Å²) in [5.41, 5.74) is 3.79. The van der Waals surface area contributed by atoms with E-state index in [-0.39, 0.29) is 0 Å². The van der Waals surface area contributed by atoms with Gasteiger partial charge in [0, 0.05) is 16.9 Å². The van der Waals surface area contributed by atoms with Crippen molar-refractivity contribution in [3.8, 4) is 0 Å². The summed E-state index contributed by atoms with van der Waals surface area (Å²) < 4.78 is 0.947. The highest BCUT2D eigenvalue weighted by Gasteiger charge is 1.90. The van der Waals surface area contributed by atoms with Crippen molar-refractivity contribution >= 4 is 27.8 Å². The number of halogens is 1. The second-order valence-corrected chi connectivity index (χ2v) is 3.52. The third-order valence-corrected chi connectivity index (χ3v) is 1.84. The van der Waals surface area contributed by atoms with E-state index in [9.17, 15) is 0 Å². The van der Waals surface area contributed by atoms with Crippen LogP contribution in [0, 0.1) is 0 Å². The summed E-state index contributed by atoms with van der Waals surface area (Å²) in [6.07, 6.45) is 7.44. The normalized spacial score (nSPS) is 10.6. The van der Waals surface area contributed by atoms with Gasteiger partial charge in [0.15, 0.2) is 0 Å². The molecule has 1 aromatic heterocycles. The second-order valence-electron chi connectivity index (χ2n) is 2.60. The van der Waals surface area contributed by atoms with Gasteiger partial charge in [0.25, 0.3) is 0 Å². The SMILES string of the molecule is CCC/C=N/Nc1cncc(Br)c1. The Morgan fingerprint density at radius 2 is 2.46 bits per heavy atom. The summed E-state index contributed by atoms with van der Waals surface area (Å²) in [5.74, 6) is 0. The predicted octanol–water partition coefficient (Wildman–Crippen LogP) is 3.04. The quantitative estimate of drug-likeness (QED) is 0.650. The molecular weight excluding hydrogens is 230 g/mol. The topological polar surface area (TPSA) is 37.3 Å². The summed E-state index contributed by atoms with van der Waals surface area (Å²) >= 11 is 3.33. The number of hydrogen-bond acceptors (Lipinski definition) is 3. The molecule has 1 rings (SSSR count). The lowest BCUT2D eigenvalue weighted by Crippen LogP contribution is -1.89. The molecule has 1 heterocycles. The lowest BCUT2D eigenvalue weighted by atomic mass is 10.4. The molecular formula is C9H12BrN3. The number of nitrogens with one attached hydrogen (secondary N) is 1. The van der Waals surface area contributed by atoms with Crippen LogP contribution in [0.2, 0.25) is 0 Å². The fourth-order valence-corrected chi connectivity index (χ4v) is 1.15. The van der Waals surface area contributed by atoms with E-state index in [0.29, 0.717) is 0 Å². The van der Waals surface area contributed by atoms with Crippen LogP contribution in [0.25, 0.3) is 0 Å². The Morgan fingerprint density at radius 3 is 3.15 bits per heavy atom. The molecule has 0 aliphatic heterocycles. The molecule has 0 saturated carbocycles. The van der Waals surface area contributed by atoms with Gasteiger partial charge in [0.2, 0.25) is 0 Å². The van der Waals surface area contributed by atoms with E-state index >= 15 is 0 Å². The van der Waals surface area contributed by atoms with E-state index in [1.54, 1.807) is 12.4 Å². The van der Waals surface area contributed by atoms with E-state index in [4.69, 9.17) is 0 Å². The van der Waals surface area contributed by atoms with Crippen LogP contribution in [-0.2, 0) is 0 Å². The van der Waals surface area contributed by atoms with Gasteiger partial charge in [0.05, 0.1) is 11.9 Å². The van der Waals surface area contributed by atoms with Gasteiger partial charge < -0.3 is 0 Å². The van der Waals surface area contributed by atoms with E-state index in [2.05, 4.69) is 38.4 Å². The highest BCUT2D eigenvalue weighted by Crippen LogP contribution is 2.13. The van der Waals surface area contributed by atoms with Crippen molar-refractivity contribution in [3.63, 3.8) is 0 Å². The van der Waals surface area contributed by atoms with Gasteiger partial charge in [-0.3, -0.25) is 10.4 Å². The molecule has 13 heavy (non-hydrogen) atoms. The van der Waals surface area contributed by atoms with Gasteiger partial charge in [-0.15, -0.1) is 0 Å². The van der Waals surface area contributed by atoms with E-state index in [0.717, 1.165) is 23.0 Å². The Kier molecular flexibility index (Phi) is 4.46. The van der Waals surface area contributed by atoms with Gasteiger partial charge in [-0.1, -0.05) is 13.3 Å². The molecule has 3 nitrogen and oxygen atoms in total. The van der Waals surface area contributed by atoms with E-state index in [1.807, 2.05) is 12.3 Å². The largest absolute Gasteiger partial charge is 0.277 e. The molecule has 0 aliphatic carbocycles. The average molecular weight is 242 g/mol. The molecule has 70 valence electrons. The summed E-state index contributed by atoms with van der Waals surface area (Å²) in [7, 11) is 0. The van der Waals surface area contributed by atoms with Crippen molar-refractivity contribution < 1.29 is 0 Å². The smallest absolute Gasteiger partial charge is 0.0756 e. The molecule has 1 aromatic rings. The number of anilines is 1. The first-order valence-corrected chi connectivity index (χ1v) is 5.00. The Hall–Kier alpha value is -0.900. The molecule has 0 spiro atoms. The van der Waals surface area contributed by atoms with Crippen molar-refractivity contribution in [1.82, 2.24) is 4.98 Å². The fraction of sp³-hybridized carbons (Fsp3) is 0.333. The van der Waals surface area contributed by atoms with Crippen LogP contribution in [0.5, 0.6) is 0 Å². The van der Waals surface area contributed by atoms with Crippen LogP contribution in [-0.4, -0.2) is 11.2 Å². The van der Waals surface area contributed by atoms with E-state index in [1.165, 1.54) is 0 Å². The van der Waals surface area contributed by atoms with Gasteiger partial charge in [-0.25, -0.2) is 0 Å². The molecule has 0 bridgehead atoms. The number of rotatable bonds is 4. The Morgan fingerprint density at radius 1 is 1.62 bits per heavy atom. The van der Waals surface area contributed by atoms with Crippen LogP contribution < -0.4 is 5.43 Å². The third kappa shape index (κ3) is 4.03. The minimum Gasteiger partial charge on any atom is -0.277 e. The van der Waals surface area contributed by atoms with Crippen LogP contribution in [0.4, 0.5) is 5.69 Å². The second kappa shape index (κ2) is 5.70. The predicted molar refractivity (Wildman–Crippen MR) is 59.0 cm³/mol. The summed E-state index contributed by atoms with van der Waals surface area (Å²) in [4.78, 5) is 4.00. The first kappa shape index (κ1) is 10.2. The van der Waals surface area contributed by atoms with E-state index < -0.39 is 0 Å². The summed E-state index contributed by atoms with van der Waals surface area (Å²) in [6, 6.07) is 1.93. The summed E-state index contributed by atoms with van der Waals surface area (Å²) in [6.45, 7) is 2.12. The van der Waals surface area contributed by atoms with Gasteiger partial charge in [0.1, 0.15) is 0 Å². The van der Waals surface area contributed by atoms with Crippen molar-refractivity contribution in [2.75, 3.05) is 5.43 Å². The maximum absolute atomic E-state index is 4.04. The van der Waals surface area contributed by atoms with Gasteiger partial charge in [-0.05, 0) is 28.4 Å². The number of aromatic nitrogens is 1. The number of hydrazone groups is 1. The molecule has 0 radical (unpaired) electrons. The first-order valence-electron chi connectivity index (χ1n) is 4.21. The van der Waals surface area contributed by atoms with Crippen molar-refractivity contribution in [1.29, 1.82) is 0 Å². The van der Waals surface area contributed by atoms with Crippen LogP contribution in [0.15, 0.2) is 28.0 Å². The maximum Gasteiger partial charge on any atom is 0.0756 e. The molecule has 0 unspecified atom stereocenters. The number of unbranched alkanes of at least 4 members (excludes halogenated alkanes) is 1. The van der Waals surface area contributed by atoms with Crippen molar-refractivity contribution in [2.24, 2.45) is 5.10 Å². The third-order valence-electron chi connectivity index (χ3n) is 1.41. The number of pyridine rings is 1. The Bertz CT molecular complexity index is 286. The number of nitrogens with zero attached hydrogens (tertiary/aromatic N) is 2. The van der Waals surface area contributed by atoms with Gasteiger partial charge >= 0.3 is 0 Å². The van der Waals surface area contributed by atoms with Crippen LogP contribution >= 0.6 is 15.9 Å². The molecule has 1 N–H and O–H groups in total. The minimum absolute atomic E-state index is 0.890. The molecule has 4 heteroatoms. The van der Waals surface area contributed by atoms with Crippen LogP contribution in [0.1, 0.15) is 19.8 Å². The molecule has 0 atom stereocenters. The molecule has 0 saturated heterocycles. The molecule has 0 aliphatic rings. The highest BCUT2D eigenvalue weighted by molar-refractivity contribution is 9.10. The van der Waals surface area contributed by atoms with Crippen LogP contribution in [0.3, 0.4) is 0 Å². The Balaban J connectivity index is 2.45. The van der Waals surface area contributed by atoms with Gasteiger partial charge in [-0.2, -0.15) is 5.10 Å². The van der Waals surface area contributed by atoms with Crippen molar-refractivity contribution in [3.05, 3.63) is 22.9 Å². The lowest BCUT2D eigenvalue weighted by molar-refractivity contribution is 1.00. The van der Waals surface area contributed by atoms with Crippen molar-refractivity contribution in [2.45, 2.75) is 19.8 Å².